The van der Waals surface area contributed by atoms with Gasteiger partial charge in [-0.15, -0.1) is 0 Å². The van der Waals surface area contributed by atoms with Crippen LogP contribution in [0.2, 0.25) is 0 Å². The van der Waals surface area contributed by atoms with Crippen LogP contribution in [0.5, 0.6) is 0 Å². The predicted molar refractivity (Wildman–Crippen MR) is 65.4 cm³/mol. The van der Waals surface area contributed by atoms with Crippen LogP contribution in [-0.4, -0.2) is 35.1 Å². The van der Waals surface area contributed by atoms with Crippen LogP contribution in [0.1, 0.15) is 44.9 Å². The zero-order valence-corrected chi connectivity index (χ0v) is 10.5. The summed E-state index contributed by atoms with van der Waals surface area (Å²) in [5.74, 6) is 2.71. The molecule has 0 aromatic carbocycles. The van der Waals surface area contributed by atoms with E-state index in [1.807, 2.05) is 4.90 Å². The van der Waals surface area contributed by atoms with Gasteiger partial charge in [-0.2, -0.15) is 0 Å². The van der Waals surface area contributed by atoms with Crippen molar-refractivity contribution in [3.05, 3.63) is 0 Å². The maximum Gasteiger partial charge on any atom is 0.223 e. The predicted octanol–water partition coefficient (Wildman–Crippen LogP) is 1.80. The molecule has 96 valence electrons. The van der Waals surface area contributed by atoms with Crippen molar-refractivity contribution in [2.75, 3.05) is 13.2 Å². The molecule has 0 spiro atoms. The molecule has 17 heavy (non-hydrogen) atoms. The van der Waals surface area contributed by atoms with Crippen molar-refractivity contribution in [3.8, 4) is 0 Å². The number of likely N-dealkylation sites (tertiary alicyclic amines) is 1. The number of carbonyl (C=O) groups excluding carboxylic acids is 1. The van der Waals surface area contributed by atoms with Crippen LogP contribution in [0.15, 0.2) is 0 Å². The fraction of sp³-hybridized carbons (Fsp3) is 0.929. The largest absolute Gasteiger partial charge is 0.394 e. The van der Waals surface area contributed by atoms with Gasteiger partial charge in [0, 0.05) is 13.0 Å². The highest BCUT2D eigenvalue weighted by Crippen LogP contribution is 2.49. The Balaban J connectivity index is 1.56. The molecule has 1 saturated heterocycles. The molecule has 3 rings (SSSR count). The number of nitrogens with zero attached hydrogens (tertiary/aromatic N) is 1. The van der Waals surface area contributed by atoms with Crippen molar-refractivity contribution in [1.82, 2.24) is 4.90 Å². The first-order valence-electron chi connectivity index (χ1n) is 7.18. The standard InChI is InChI=1S/C14H23NO2/c16-9-13-2-1-5-15(13)14(17)8-12-7-10-3-4-11(12)6-10/h10-13,16H,1-9H2/t10?,11?,12?,13-/m0/s1. The zero-order valence-electron chi connectivity index (χ0n) is 10.5. The highest BCUT2D eigenvalue weighted by molar-refractivity contribution is 5.77. The molecule has 1 heterocycles. The lowest BCUT2D eigenvalue weighted by atomic mass is 9.86. The summed E-state index contributed by atoms with van der Waals surface area (Å²) in [7, 11) is 0. The van der Waals surface area contributed by atoms with Crippen LogP contribution in [0, 0.1) is 17.8 Å². The molecule has 3 unspecified atom stereocenters. The lowest BCUT2D eigenvalue weighted by Crippen LogP contribution is -2.38. The van der Waals surface area contributed by atoms with E-state index >= 15 is 0 Å². The molecule has 3 aliphatic rings. The van der Waals surface area contributed by atoms with Crippen LogP contribution in [0.25, 0.3) is 0 Å². The molecule has 0 radical (unpaired) electrons. The van der Waals surface area contributed by atoms with Crippen molar-refractivity contribution in [2.24, 2.45) is 17.8 Å². The number of amides is 1. The molecule has 3 fully saturated rings. The fourth-order valence-electron chi connectivity index (χ4n) is 4.32. The van der Waals surface area contributed by atoms with Crippen LogP contribution < -0.4 is 0 Å². The Hall–Kier alpha value is -0.570. The summed E-state index contributed by atoms with van der Waals surface area (Å²) < 4.78 is 0. The second kappa shape index (κ2) is 4.60. The maximum atomic E-state index is 12.3. The molecule has 0 aromatic heterocycles. The van der Waals surface area contributed by atoms with Crippen molar-refractivity contribution in [3.63, 3.8) is 0 Å². The van der Waals surface area contributed by atoms with Crippen LogP contribution in [0.3, 0.4) is 0 Å². The summed E-state index contributed by atoms with van der Waals surface area (Å²) >= 11 is 0. The van der Waals surface area contributed by atoms with E-state index in [0.717, 1.165) is 37.6 Å². The van der Waals surface area contributed by atoms with Gasteiger partial charge in [-0.1, -0.05) is 6.42 Å². The molecular weight excluding hydrogens is 214 g/mol. The zero-order chi connectivity index (χ0) is 11.8. The first-order chi connectivity index (χ1) is 8.28. The van der Waals surface area contributed by atoms with Crippen molar-refractivity contribution in [1.29, 1.82) is 0 Å². The smallest absolute Gasteiger partial charge is 0.223 e. The Morgan fingerprint density at radius 2 is 2.12 bits per heavy atom. The molecule has 1 aliphatic heterocycles. The topological polar surface area (TPSA) is 40.5 Å². The fourth-order valence-corrected chi connectivity index (χ4v) is 4.32. The minimum atomic E-state index is 0.112. The Morgan fingerprint density at radius 3 is 2.76 bits per heavy atom. The van der Waals surface area contributed by atoms with Gasteiger partial charge in [-0.05, 0) is 49.9 Å². The molecule has 1 amide bonds. The average molecular weight is 237 g/mol. The highest BCUT2D eigenvalue weighted by atomic mass is 16.3. The number of fused-ring (bicyclic) bond motifs is 2. The van der Waals surface area contributed by atoms with E-state index in [4.69, 9.17) is 0 Å². The Labute approximate surface area is 103 Å². The van der Waals surface area contributed by atoms with E-state index in [1.54, 1.807) is 0 Å². The van der Waals surface area contributed by atoms with E-state index in [-0.39, 0.29) is 12.6 Å². The van der Waals surface area contributed by atoms with E-state index in [1.165, 1.54) is 25.7 Å². The number of hydrogen-bond acceptors (Lipinski definition) is 2. The summed E-state index contributed by atoms with van der Waals surface area (Å²) in [4.78, 5) is 14.2. The lowest BCUT2D eigenvalue weighted by Gasteiger charge is -2.27. The summed E-state index contributed by atoms with van der Waals surface area (Å²) in [6.07, 6.45) is 8.21. The summed E-state index contributed by atoms with van der Waals surface area (Å²) in [5, 5.41) is 9.26. The van der Waals surface area contributed by atoms with Gasteiger partial charge in [0.25, 0.3) is 0 Å². The monoisotopic (exact) mass is 237 g/mol. The van der Waals surface area contributed by atoms with Crippen LogP contribution in [-0.2, 0) is 4.79 Å². The first kappa shape index (κ1) is 11.5. The molecular formula is C14H23NO2. The van der Waals surface area contributed by atoms with Crippen molar-refractivity contribution >= 4 is 5.91 Å². The minimum Gasteiger partial charge on any atom is -0.394 e. The number of aliphatic hydroxyl groups is 1. The summed E-state index contributed by atoms with van der Waals surface area (Å²) in [5.41, 5.74) is 0. The quantitative estimate of drug-likeness (QED) is 0.813. The van der Waals surface area contributed by atoms with Gasteiger partial charge >= 0.3 is 0 Å². The van der Waals surface area contributed by atoms with Gasteiger partial charge < -0.3 is 10.0 Å². The normalized spacial score (nSPS) is 40.2. The molecule has 0 aromatic rings. The van der Waals surface area contributed by atoms with E-state index in [0.29, 0.717) is 11.8 Å². The summed E-state index contributed by atoms with van der Waals surface area (Å²) in [6.45, 7) is 1.01. The Morgan fingerprint density at radius 1 is 1.24 bits per heavy atom. The molecule has 2 saturated carbocycles. The van der Waals surface area contributed by atoms with Crippen molar-refractivity contribution in [2.45, 2.75) is 51.0 Å². The van der Waals surface area contributed by atoms with Gasteiger partial charge in [0.15, 0.2) is 0 Å². The Bertz CT molecular complexity index is 305. The number of rotatable bonds is 3. The SMILES string of the molecule is O=C(CC1CC2CCC1C2)N1CCC[C@H]1CO. The highest BCUT2D eigenvalue weighted by Gasteiger charge is 2.41. The Kier molecular flexibility index (Phi) is 3.12. The van der Waals surface area contributed by atoms with Crippen LogP contribution in [0.4, 0.5) is 0 Å². The van der Waals surface area contributed by atoms with Gasteiger partial charge in [-0.25, -0.2) is 0 Å². The summed E-state index contributed by atoms with van der Waals surface area (Å²) in [6, 6.07) is 0.112. The molecule has 2 bridgehead atoms. The third-order valence-electron chi connectivity index (χ3n) is 5.23. The number of carbonyl (C=O) groups is 1. The third kappa shape index (κ3) is 2.10. The lowest BCUT2D eigenvalue weighted by molar-refractivity contribution is -0.134. The van der Waals surface area contributed by atoms with E-state index in [9.17, 15) is 9.90 Å². The molecule has 4 atom stereocenters. The van der Waals surface area contributed by atoms with Crippen LogP contribution >= 0.6 is 0 Å². The minimum absolute atomic E-state index is 0.112. The second-order valence-electron chi connectivity index (χ2n) is 6.20. The molecule has 3 nitrogen and oxygen atoms in total. The first-order valence-corrected chi connectivity index (χ1v) is 7.18. The number of hydrogen-bond donors (Lipinski definition) is 1. The second-order valence-corrected chi connectivity index (χ2v) is 6.20. The van der Waals surface area contributed by atoms with Gasteiger partial charge in [0.1, 0.15) is 0 Å². The maximum absolute atomic E-state index is 12.3. The number of aliphatic hydroxyl groups excluding tert-OH is 1. The third-order valence-corrected chi connectivity index (χ3v) is 5.23. The molecule has 3 heteroatoms. The molecule has 1 N–H and O–H groups in total. The van der Waals surface area contributed by atoms with Crippen molar-refractivity contribution < 1.29 is 9.90 Å². The van der Waals surface area contributed by atoms with Gasteiger partial charge in [-0.3, -0.25) is 4.79 Å². The van der Waals surface area contributed by atoms with E-state index < -0.39 is 0 Å². The average Bonchev–Trinajstić information content (AvgIpc) is 3.04. The van der Waals surface area contributed by atoms with E-state index in [2.05, 4.69) is 0 Å². The van der Waals surface area contributed by atoms with Gasteiger partial charge in [0.05, 0.1) is 12.6 Å². The molecule has 2 aliphatic carbocycles. The van der Waals surface area contributed by atoms with Gasteiger partial charge in [0.2, 0.25) is 5.91 Å².